The Morgan fingerprint density at radius 2 is 1.65 bits per heavy atom. The van der Waals surface area contributed by atoms with Crippen LogP contribution in [-0.4, -0.2) is 66.6 Å². The van der Waals surface area contributed by atoms with Crippen LogP contribution in [0.15, 0.2) is 0 Å². The first kappa shape index (κ1) is 19.8. The predicted molar refractivity (Wildman–Crippen MR) is 78.3 cm³/mol. The molecule has 0 aromatic heterocycles. The van der Waals surface area contributed by atoms with Gasteiger partial charge in [-0.05, 0) is 12.8 Å². The van der Waals surface area contributed by atoms with Gasteiger partial charge in [0, 0.05) is 20.0 Å². The molecule has 1 aliphatic rings. The maximum atomic E-state index is 11.6. The Balaban J connectivity index is 2.71. The van der Waals surface area contributed by atoms with Crippen molar-refractivity contribution in [3.05, 3.63) is 0 Å². The van der Waals surface area contributed by atoms with E-state index < -0.39 is 42.6 Å². The van der Waals surface area contributed by atoms with E-state index in [1.165, 1.54) is 7.11 Å². The summed E-state index contributed by atoms with van der Waals surface area (Å²) in [6.45, 7) is 3.44. The number of aliphatic hydroxyl groups is 2. The molecule has 0 saturated carbocycles. The minimum atomic E-state index is -1.33. The second kappa shape index (κ2) is 9.82. The Hall–Kier alpha value is -1.22. The molecule has 0 radical (unpaired) electrons. The smallest absolute Gasteiger partial charge is 0.306 e. The van der Waals surface area contributed by atoms with Crippen molar-refractivity contribution < 1.29 is 38.7 Å². The van der Waals surface area contributed by atoms with Crippen molar-refractivity contribution in [1.29, 1.82) is 0 Å². The second-order valence-corrected chi connectivity index (χ2v) is 5.40. The molecule has 134 valence electrons. The fourth-order valence-electron chi connectivity index (χ4n) is 2.24. The third-order valence-corrected chi connectivity index (χ3v) is 3.46. The summed E-state index contributed by atoms with van der Waals surface area (Å²) in [5.41, 5.74) is 0. The van der Waals surface area contributed by atoms with Crippen LogP contribution >= 0.6 is 0 Å². The highest BCUT2D eigenvalue weighted by Gasteiger charge is 2.47. The van der Waals surface area contributed by atoms with Gasteiger partial charge in [-0.2, -0.15) is 0 Å². The number of hydrogen-bond acceptors (Lipinski definition) is 8. The number of ether oxygens (including phenoxy) is 4. The van der Waals surface area contributed by atoms with Gasteiger partial charge in [-0.3, -0.25) is 9.59 Å². The number of carbonyl (C=O) groups is 2. The topological polar surface area (TPSA) is 112 Å². The minimum Gasteiger partial charge on any atom is -0.463 e. The Bertz CT molecular complexity index is 386. The number of methoxy groups -OCH3 is 1. The van der Waals surface area contributed by atoms with Gasteiger partial charge in [0.05, 0.1) is 0 Å². The Labute approximate surface area is 135 Å². The minimum absolute atomic E-state index is 0.171. The molecule has 0 unspecified atom stereocenters. The van der Waals surface area contributed by atoms with E-state index in [1.807, 2.05) is 13.8 Å². The van der Waals surface area contributed by atoms with E-state index >= 15 is 0 Å². The zero-order valence-electron chi connectivity index (χ0n) is 13.8. The van der Waals surface area contributed by atoms with Gasteiger partial charge in [0.15, 0.2) is 12.4 Å². The molecule has 1 heterocycles. The molecule has 5 atom stereocenters. The van der Waals surface area contributed by atoms with Crippen molar-refractivity contribution in [1.82, 2.24) is 0 Å². The average molecular weight is 334 g/mol. The molecule has 0 aromatic carbocycles. The molecule has 1 saturated heterocycles. The molecule has 2 N–H and O–H groups in total. The van der Waals surface area contributed by atoms with E-state index in [4.69, 9.17) is 18.9 Å². The number of carbonyl (C=O) groups excluding carboxylic acids is 2. The fourth-order valence-corrected chi connectivity index (χ4v) is 2.24. The summed E-state index contributed by atoms with van der Waals surface area (Å²) in [6.07, 6.45) is -4.26. The molecule has 1 fully saturated rings. The van der Waals surface area contributed by atoms with Crippen molar-refractivity contribution in [3.8, 4) is 0 Å². The van der Waals surface area contributed by atoms with Gasteiger partial charge in [-0.25, -0.2) is 0 Å². The van der Waals surface area contributed by atoms with Crippen LogP contribution in [0.2, 0.25) is 0 Å². The summed E-state index contributed by atoms with van der Waals surface area (Å²) >= 11 is 0. The molecule has 23 heavy (non-hydrogen) atoms. The van der Waals surface area contributed by atoms with E-state index in [2.05, 4.69) is 0 Å². The number of rotatable bonds is 8. The standard InChI is InChI=1S/C15H26O8/c1-4-6-10(16)21-8-9-12(18)14(23-11(17)7-5-2)13(19)15(20-3)22-9/h9,12-15,18-19H,4-8H2,1-3H3/t9-,12-,13+,14+,15+/m1/s1. The summed E-state index contributed by atoms with van der Waals surface area (Å²) in [5.74, 6) is -0.947. The zero-order valence-corrected chi connectivity index (χ0v) is 13.8. The van der Waals surface area contributed by atoms with Crippen LogP contribution in [0.4, 0.5) is 0 Å². The highest BCUT2D eigenvalue weighted by Crippen LogP contribution is 2.25. The molecule has 0 spiro atoms. The molecule has 1 aliphatic heterocycles. The third kappa shape index (κ3) is 5.72. The highest BCUT2D eigenvalue weighted by molar-refractivity contribution is 5.69. The number of hydrogen-bond donors (Lipinski definition) is 2. The molecule has 0 aromatic rings. The van der Waals surface area contributed by atoms with Crippen LogP contribution in [0, 0.1) is 0 Å². The van der Waals surface area contributed by atoms with E-state index in [1.54, 1.807) is 0 Å². The van der Waals surface area contributed by atoms with Gasteiger partial charge in [0.25, 0.3) is 0 Å². The Morgan fingerprint density at radius 1 is 1.04 bits per heavy atom. The summed E-state index contributed by atoms with van der Waals surface area (Å²) in [7, 11) is 1.32. The Morgan fingerprint density at radius 3 is 2.22 bits per heavy atom. The number of esters is 2. The average Bonchev–Trinajstić information content (AvgIpc) is 2.51. The van der Waals surface area contributed by atoms with Crippen molar-refractivity contribution in [2.24, 2.45) is 0 Å². The molecule has 8 heteroatoms. The normalized spacial score (nSPS) is 30.7. The van der Waals surface area contributed by atoms with Gasteiger partial charge < -0.3 is 29.2 Å². The number of aliphatic hydroxyl groups excluding tert-OH is 2. The summed E-state index contributed by atoms with van der Waals surface area (Å²) in [5, 5.41) is 20.4. The second-order valence-electron chi connectivity index (χ2n) is 5.40. The van der Waals surface area contributed by atoms with Crippen molar-refractivity contribution in [3.63, 3.8) is 0 Å². The van der Waals surface area contributed by atoms with Crippen LogP contribution in [0.3, 0.4) is 0 Å². The maximum absolute atomic E-state index is 11.6. The largest absolute Gasteiger partial charge is 0.463 e. The van der Waals surface area contributed by atoms with Crippen LogP contribution < -0.4 is 0 Å². The fraction of sp³-hybridized carbons (Fsp3) is 0.867. The first-order valence-corrected chi connectivity index (χ1v) is 7.84. The lowest BCUT2D eigenvalue weighted by Crippen LogP contribution is -2.60. The van der Waals surface area contributed by atoms with E-state index in [9.17, 15) is 19.8 Å². The van der Waals surface area contributed by atoms with E-state index in [0.29, 0.717) is 12.8 Å². The van der Waals surface area contributed by atoms with Gasteiger partial charge in [-0.1, -0.05) is 13.8 Å². The van der Waals surface area contributed by atoms with Gasteiger partial charge in [-0.15, -0.1) is 0 Å². The SMILES string of the molecule is CCCC(=O)OC[C@H]1O[C@H](OC)[C@@H](O)[C@@H](OC(=O)CCC)[C@@H]1O. The molecular weight excluding hydrogens is 308 g/mol. The molecule has 8 nitrogen and oxygen atoms in total. The van der Waals surface area contributed by atoms with E-state index in [-0.39, 0.29) is 19.4 Å². The quantitative estimate of drug-likeness (QED) is 0.603. The van der Waals surface area contributed by atoms with Gasteiger partial charge in [0.2, 0.25) is 0 Å². The molecule has 1 rings (SSSR count). The third-order valence-electron chi connectivity index (χ3n) is 3.46. The van der Waals surface area contributed by atoms with E-state index in [0.717, 1.165) is 0 Å². The molecule has 0 amide bonds. The lowest BCUT2D eigenvalue weighted by Gasteiger charge is -2.41. The maximum Gasteiger partial charge on any atom is 0.306 e. The van der Waals surface area contributed by atoms with Crippen molar-refractivity contribution >= 4 is 11.9 Å². The Kier molecular flexibility index (Phi) is 8.46. The lowest BCUT2D eigenvalue weighted by molar-refractivity contribution is -0.297. The molecular formula is C15H26O8. The predicted octanol–water partition coefficient (Wildman–Crippen LogP) is 0.135. The first-order chi connectivity index (χ1) is 10.9. The van der Waals surface area contributed by atoms with Crippen molar-refractivity contribution in [2.45, 2.75) is 70.2 Å². The molecule has 0 bridgehead atoms. The van der Waals surface area contributed by atoms with Gasteiger partial charge in [0.1, 0.15) is 24.9 Å². The highest BCUT2D eigenvalue weighted by atomic mass is 16.7. The summed E-state index contributed by atoms with van der Waals surface area (Å²) in [4.78, 5) is 23.1. The van der Waals surface area contributed by atoms with Crippen molar-refractivity contribution in [2.75, 3.05) is 13.7 Å². The van der Waals surface area contributed by atoms with Crippen LogP contribution in [0.5, 0.6) is 0 Å². The molecule has 0 aliphatic carbocycles. The summed E-state index contributed by atoms with van der Waals surface area (Å²) < 4.78 is 20.5. The summed E-state index contributed by atoms with van der Waals surface area (Å²) in [6, 6.07) is 0. The van der Waals surface area contributed by atoms with Gasteiger partial charge >= 0.3 is 11.9 Å². The lowest BCUT2D eigenvalue weighted by atomic mass is 9.99. The first-order valence-electron chi connectivity index (χ1n) is 7.84. The monoisotopic (exact) mass is 334 g/mol. The van der Waals surface area contributed by atoms with Crippen LogP contribution in [-0.2, 0) is 28.5 Å². The van der Waals surface area contributed by atoms with Crippen LogP contribution in [0.25, 0.3) is 0 Å². The zero-order chi connectivity index (χ0) is 17.4. The van der Waals surface area contributed by atoms with Crippen LogP contribution in [0.1, 0.15) is 39.5 Å².